The fourth-order valence-corrected chi connectivity index (χ4v) is 7.25. The van der Waals surface area contributed by atoms with Gasteiger partial charge in [-0.3, -0.25) is 9.59 Å². The minimum atomic E-state index is -1.13. The maximum absolute atomic E-state index is 12.8. The molecule has 61 heavy (non-hydrogen) atoms. The van der Waals surface area contributed by atoms with Gasteiger partial charge in [-0.2, -0.15) is 0 Å². The Bertz CT molecular complexity index is 1140. The van der Waals surface area contributed by atoms with Gasteiger partial charge in [-0.05, 0) is 77.0 Å². The lowest BCUT2D eigenvalue weighted by Crippen LogP contribution is -2.55. The molecule has 2 unspecified atom stereocenters. The van der Waals surface area contributed by atoms with Crippen LogP contribution in [0, 0.1) is 0 Å². The zero-order valence-electron chi connectivity index (χ0n) is 40.3. The van der Waals surface area contributed by atoms with Crippen molar-refractivity contribution in [2.24, 2.45) is 0 Å². The van der Waals surface area contributed by atoms with Crippen LogP contribution in [0.4, 0.5) is 0 Å². The van der Waals surface area contributed by atoms with Crippen LogP contribution in [0.15, 0.2) is 48.6 Å². The van der Waals surface area contributed by atoms with Crippen molar-refractivity contribution in [2.75, 3.05) is 41.0 Å². The lowest BCUT2D eigenvalue weighted by atomic mass is 10.1. The van der Waals surface area contributed by atoms with E-state index in [2.05, 4.69) is 62.5 Å². The van der Waals surface area contributed by atoms with Gasteiger partial charge in [0.05, 0.1) is 40.3 Å². The summed E-state index contributed by atoms with van der Waals surface area (Å²) in [6, 6.07) is -0.728. The summed E-state index contributed by atoms with van der Waals surface area (Å²) in [4.78, 5) is 37.0. The first-order chi connectivity index (χ1) is 29.6. The summed E-state index contributed by atoms with van der Waals surface area (Å²) in [5.74, 6) is -1.74. The monoisotopic (exact) mass is 858 g/mol. The highest BCUT2D eigenvalue weighted by Crippen LogP contribution is 2.15. The molecule has 0 saturated heterocycles. The van der Waals surface area contributed by atoms with Crippen molar-refractivity contribution in [3.63, 3.8) is 0 Å². The van der Waals surface area contributed by atoms with Gasteiger partial charge in [-0.25, -0.2) is 0 Å². The van der Waals surface area contributed by atoms with Crippen LogP contribution in [0.3, 0.4) is 0 Å². The number of carboxylic acid groups (broad SMARTS) is 1. The first kappa shape index (κ1) is 58.3. The molecule has 0 aliphatic heterocycles. The number of nitrogens with zero attached hydrogens (tertiary/aromatic N) is 1. The van der Waals surface area contributed by atoms with Crippen molar-refractivity contribution in [3.05, 3.63) is 48.6 Å². The lowest BCUT2D eigenvalue weighted by molar-refractivity contribution is -0.889. The average molecular weight is 858 g/mol. The van der Waals surface area contributed by atoms with Crippen molar-refractivity contribution in [2.45, 2.75) is 231 Å². The Kier molecular flexibility index (Phi) is 42.0. The third-order valence-electron chi connectivity index (χ3n) is 11.2. The number of quaternary nitrogens is 1. The molecule has 0 aliphatic carbocycles. The predicted molar refractivity (Wildman–Crippen MR) is 254 cm³/mol. The molecule has 354 valence electrons. The number of esters is 2. The molecule has 8 heteroatoms. The highest BCUT2D eigenvalue weighted by Gasteiger charge is 2.25. The van der Waals surface area contributed by atoms with E-state index in [0.29, 0.717) is 12.8 Å². The Hall–Kier alpha value is -2.71. The third-order valence-corrected chi connectivity index (χ3v) is 11.2. The number of carbonyl (C=O) groups excluding carboxylic acids is 3. The normalized spacial score (nSPS) is 13.3. The van der Waals surface area contributed by atoms with Crippen LogP contribution in [0.1, 0.15) is 219 Å². The molecule has 0 saturated carbocycles. The van der Waals surface area contributed by atoms with E-state index in [0.717, 1.165) is 57.8 Å². The van der Waals surface area contributed by atoms with Gasteiger partial charge in [0.15, 0.2) is 6.10 Å². The molecule has 0 fully saturated rings. The van der Waals surface area contributed by atoms with Crippen molar-refractivity contribution in [1.82, 2.24) is 0 Å². The topological polar surface area (TPSA) is 102 Å². The molecule has 0 amide bonds. The second kappa shape index (κ2) is 43.9. The number of allylic oxidation sites excluding steroid dienone is 8. The van der Waals surface area contributed by atoms with Crippen LogP contribution in [0.25, 0.3) is 0 Å². The van der Waals surface area contributed by atoms with Crippen LogP contribution >= 0.6 is 0 Å². The molecular formula is C53H95NO7. The van der Waals surface area contributed by atoms with E-state index in [9.17, 15) is 19.5 Å². The quantitative estimate of drug-likeness (QED) is 0.0260. The van der Waals surface area contributed by atoms with E-state index >= 15 is 0 Å². The molecule has 0 aromatic heterocycles. The molecule has 0 aliphatic rings. The minimum Gasteiger partial charge on any atom is -0.544 e. The van der Waals surface area contributed by atoms with E-state index in [1.54, 1.807) is 21.1 Å². The van der Waals surface area contributed by atoms with E-state index in [4.69, 9.17) is 14.2 Å². The number of aliphatic carboxylic acids is 1. The molecule has 0 aromatic carbocycles. The van der Waals surface area contributed by atoms with E-state index in [1.165, 1.54) is 128 Å². The summed E-state index contributed by atoms with van der Waals surface area (Å²) in [5, 5.41) is 11.7. The molecule has 0 spiro atoms. The van der Waals surface area contributed by atoms with Crippen LogP contribution in [0.2, 0.25) is 0 Å². The Labute approximate surface area is 376 Å². The highest BCUT2D eigenvalue weighted by atomic mass is 16.6. The standard InChI is InChI=1S/C53H95NO7/c1-6-8-10-12-14-16-18-20-22-23-24-25-26-27-28-30-32-34-36-38-40-42-44-52(56)61-49(47-59-46-45-50(53(57)58)54(3,4)5)48-60-51(55)43-41-39-37-35-33-31-29-21-19-17-15-13-11-9-7-2/h14,16-17,19-20,22,24-25,49-50H,6-13,15,18,21,23,26-48H2,1-5H3/b16-14+,19-17+,22-20+,25-24+. The van der Waals surface area contributed by atoms with E-state index in [1.807, 2.05) is 0 Å². The average Bonchev–Trinajstić information content (AvgIpc) is 3.22. The third kappa shape index (κ3) is 42.4. The molecule has 0 radical (unpaired) electrons. The molecule has 8 nitrogen and oxygen atoms in total. The Morgan fingerprint density at radius 1 is 0.492 bits per heavy atom. The van der Waals surface area contributed by atoms with Gasteiger partial charge in [0.1, 0.15) is 12.6 Å². The fourth-order valence-electron chi connectivity index (χ4n) is 7.25. The van der Waals surface area contributed by atoms with Crippen LogP contribution in [0.5, 0.6) is 0 Å². The molecule has 0 aromatic rings. The van der Waals surface area contributed by atoms with Crippen LogP contribution < -0.4 is 5.11 Å². The summed E-state index contributed by atoms with van der Waals surface area (Å²) in [7, 11) is 5.41. The second-order valence-corrected chi connectivity index (χ2v) is 18.0. The lowest BCUT2D eigenvalue weighted by Gasteiger charge is -2.34. The van der Waals surface area contributed by atoms with Gasteiger partial charge < -0.3 is 28.6 Å². The maximum Gasteiger partial charge on any atom is 0.306 e. The Balaban J connectivity index is 4.26. The van der Waals surface area contributed by atoms with Gasteiger partial charge in [-0.1, -0.05) is 172 Å². The second-order valence-electron chi connectivity index (χ2n) is 18.0. The molecule has 2 atom stereocenters. The van der Waals surface area contributed by atoms with Crippen LogP contribution in [-0.2, 0) is 28.6 Å². The summed E-state index contributed by atoms with van der Waals surface area (Å²) in [6.07, 6.45) is 52.7. The van der Waals surface area contributed by atoms with Crippen LogP contribution in [-0.4, -0.2) is 75.5 Å². The maximum atomic E-state index is 12.8. The summed E-state index contributed by atoms with van der Waals surface area (Å²) in [6.45, 7) is 4.63. The van der Waals surface area contributed by atoms with Crippen molar-refractivity contribution in [3.8, 4) is 0 Å². The molecule has 0 rings (SSSR count). The number of hydrogen-bond donors (Lipinski definition) is 0. The van der Waals surface area contributed by atoms with Crippen molar-refractivity contribution >= 4 is 17.9 Å². The minimum absolute atomic E-state index is 0.0374. The van der Waals surface area contributed by atoms with Gasteiger partial charge in [0, 0.05) is 19.3 Å². The molecule has 0 heterocycles. The van der Waals surface area contributed by atoms with E-state index in [-0.39, 0.29) is 42.7 Å². The number of likely N-dealkylation sites (N-methyl/N-ethyl adjacent to an activating group) is 1. The van der Waals surface area contributed by atoms with Gasteiger partial charge >= 0.3 is 11.9 Å². The predicted octanol–water partition coefficient (Wildman–Crippen LogP) is 13.0. The SMILES string of the molecule is CCCCC/C=C/C/C=C/C/C=C/CCCCCCCCCCCC(=O)OC(COCCC(C(=O)[O-])[N+](C)(C)C)COC(=O)CCCCCCCCC/C=C/CCCCCC. The zero-order valence-corrected chi connectivity index (χ0v) is 40.3. The van der Waals surface area contributed by atoms with Gasteiger partial charge in [0.25, 0.3) is 0 Å². The number of hydrogen-bond acceptors (Lipinski definition) is 7. The Morgan fingerprint density at radius 2 is 0.869 bits per heavy atom. The number of rotatable bonds is 45. The number of carbonyl (C=O) groups is 3. The number of carboxylic acids is 1. The summed E-state index contributed by atoms with van der Waals surface area (Å²) < 4.78 is 17.2. The van der Waals surface area contributed by atoms with Gasteiger partial charge in [-0.15, -0.1) is 0 Å². The number of ether oxygens (including phenoxy) is 3. The summed E-state index contributed by atoms with van der Waals surface area (Å²) in [5.41, 5.74) is 0. The van der Waals surface area contributed by atoms with Crippen molar-refractivity contribution in [1.29, 1.82) is 0 Å². The van der Waals surface area contributed by atoms with Crippen molar-refractivity contribution < 1.29 is 38.2 Å². The van der Waals surface area contributed by atoms with Gasteiger partial charge in [0.2, 0.25) is 0 Å². The number of unbranched alkanes of at least 4 members (excludes halogenated alkanes) is 23. The fraction of sp³-hybridized carbons (Fsp3) is 0.792. The smallest absolute Gasteiger partial charge is 0.306 e. The first-order valence-corrected chi connectivity index (χ1v) is 25.2. The molecular weight excluding hydrogens is 763 g/mol. The Morgan fingerprint density at radius 3 is 1.33 bits per heavy atom. The molecule has 0 N–H and O–H groups in total. The van der Waals surface area contributed by atoms with E-state index < -0.39 is 18.1 Å². The summed E-state index contributed by atoms with van der Waals surface area (Å²) >= 11 is 0. The zero-order chi connectivity index (χ0) is 44.9. The highest BCUT2D eigenvalue weighted by molar-refractivity contribution is 5.70. The first-order valence-electron chi connectivity index (χ1n) is 25.2. The largest absolute Gasteiger partial charge is 0.544 e. The molecule has 0 bridgehead atoms.